The standard InChI is InChI=1S/C19H18BrNO2S/c1-12-4-3-5-16(10-12)24-11-17(22)18-13(2)21-23-19(18)14-6-8-15(20)9-7-14/h3-10,17,22H,11H2,1-2H3. The molecule has 0 saturated heterocycles. The summed E-state index contributed by atoms with van der Waals surface area (Å²) in [6, 6.07) is 16.1. The lowest BCUT2D eigenvalue weighted by molar-refractivity contribution is 0.203. The van der Waals surface area contributed by atoms with Crippen LogP contribution in [0.25, 0.3) is 11.3 Å². The molecule has 0 amide bonds. The van der Waals surface area contributed by atoms with Crippen molar-refractivity contribution in [3.05, 3.63) is 69.8 Å². The fourth-order valence-electron chi connectivity index (χ4n) is 2.54. The van der Waals surface area contributed by atoms with Crippen molar-refractivity contribution < 1.29 is 9.63 Å². The predicted molar refractivity (Wildman–Crippen MR) is 101 cm³/mol. The van der Waals surface area contributed by atoms with Crippen LogP contribution in [0.4, 0.5) is 0 Å². The Hall–Kier alpha value is -1.56. The van der Waals surface area contributed by atoms with E-state index in [4.69, 9.17) is 4.52 Å². The van der Waals surface area contributed by atoms with Gasteiger partial charge in [0.2, 0.25) is 0 Å². The summed E-state index contributed by atoms with van der Waals surface area (Å²) < 4.78 is 6.48. The second-order valence-corrected chi connectivity index (χ2v) is 7.67. The number of aromatic nitrogens is 1. The lowest BCUT2D eigenvalue weighted by Crippen LogP contribution is -2.03. The van der Waals surface area contributed by atoms with E-state index in [2.05, 4.69) is 46.2 Å². The Morgan fingerprint density at radius 2 is 1.92 bits per heavy atom. The second-order valence-electron chi connectivity index (χ2n) is 5.66. The van der Waals surface area contributed by atoms with Crippen molar-refractivity contribution in [3.8, 4) is 11.3 Å². The van der Waals surface area contributed by atoms with Crippen LogP contribution in [0.1, 0.15) is 22.9 Å². The average molecular weight is 404 g/mol. The molecule has 0 aliphatic rings. The van der Waals surface area contributed by atoms with Crippen LogP contribution in [0.2, 0.25) is 0 Å². The number of halogens is 1. The minimum Gasteiger partial charge on any atom is -0.387 e. The van der Waals surface area contributed by atoms with E-state index in [9.17, 15) is 5.11 Å². The molecular weight excluding hydrogens is 386 g/mol. The minimum absolute atomic E-state index is 0.551. The van der Waals surface area contributed by atoms with Gasteiger partial charge in [0.15, 0.2) is 5.76 Å². The van der Waals surface area contributed by atoms with Crippen molar-refractivity contribution >= 4 is 27.7 Å². The highest BCUT2D eigenvalue weighted by molar-refractivity contribution is 9.10. The van der Waals surface area contributed by atoms with Crippen molar-refractivity contribution in [1.82, 2.24) is 5.16 Å². The van der Waals surface area contributed by atoms with Crippen LogP contribution in [0.15, 0.2) is 62.4 Å². The Labute approximate surface area is 154 Å². The van der Waals surface area contributed by atoms with E-state index < -0.39 is 6.10 Å². The predicted octanol–water partition coefficient (Wildman–Crippen LogP) is 5.55. The molecule has 0 fully saturated rings. The number of nitrogens with zero attached hydrogens (tertiary/aromatic N) is 1. The van der Waals surface area contributed by atoms with Crippen molar-refractivity contribution in [2.24, 2.45) is 0 Å². The number of aryl methyl sites for hydroxylation is 2. The number of aliphatic hydroxyl groups excluding tert-OH is 1. The molecule has 3 aromatic rings. The maximum Gasteiger partial charge on any atom is 0.172 e. The first-order chi connectivity index (χ1) is 11.5. The smallest absolute Gasteiger partial charge is 0.172 e. The van der Waals surface area contributed by atoms with Crippen LogP contribution < -0.4 is 0 Å². The van der Waals surface area contributed by atoms with Crippen LogP contribution in [0, 0.1) is 13.8 Å². The number of aliphatic hydroxyl groups is 1. The third-order valence-electron chi connectivity index (χ3n) is 3.75. The SMILES string of the molecule is Cc1cccc(SCC(O)c2c(C)noc2-c2ccc(Br)cc2)c1. The Morgan fingerprint density at radius 3 is 2.62 bits per heavy atom. The van der Waals surface area contributed by atoms with E-state index >= 15 is 0 Å². The Balaban J connectivity index is 1.81. The van der Waals surface area contributed by atoms with Crippen molar-refractivity contribution in [1.29, 1.82) is 0 Å². The van der Waals surface area contributed by atoms with Gasteiger partial charge in [0, 0.05) is 20.7 Å². The molecule has 0 aliphatic heterocycles. The normalized spacial score (nSPS) is 12.3. The maximum absolute atomic E-state index is 10.7. The van der Waals surface area contributed by atoms with Gasteiger partial charge in [0.05, 0.1) is 17.4 Å². The van der Waals surface area contributed by atoms with Gasteiger partial charge in [-0.1, -0.05) is 50.9 Å². The van der Waals surface area contributed by atoms with Crippen LogP contribution in [0.5, 0.6) is 0 Å². The molecule has 0 aliphatic carbocycles. The molecule has 3 rings (SSSR count). The van der Waals surface area contributed by atoms with Crippen LogP contribution >= 0.6 is 27.7 Å². The number of benzene rings is 2. The molecule has 0 spiro atoms. The third-order valence-corrected chi connectivity index (χ3v) is 5.34. The Bertz CT molecular complexity index is 830. The van der Waals surface area contributed by atoms with E-state index in [1.807, 2.05) is 37.3 Å². The van der Waals surface area contributed by atoms with E-state index in [-0.39, 0.29) is 0 Å². The summed E-state index contributed by atoms with van der Waals surface area (Å²) >= 11 is 5.06. The Morgan fingerprint density at radius 1 is 1.17 bits per heavy atom. The molecule has 0 saturated carbocycles. The average Bonchev–Trinajstić information content (AvgIpc) is 2.95. The lowest BCUT2D eigenvalue weighted by atomic mass is 10.0. The van der Waals surface area contributed by atoms with Gasteiger partial charge in [0.1, 0.15) is 0 Å². The van der Waals surface area contributed by atoms with Gasteiger partial charge < -0.3 is 9.63 Å². The van der Waals surface area contributed by atoms with Crippen molar-refractivity contribution in [2.45, 2.75) is 24.8 Å². The van der Waals surface area contributed by atoms with Crippen LogP contribution in [-0.2, 0) is 0 Å². The monoisotopic (exact) mass is 403 g/mol. The molecule has 1 heterocycles. The first kappa shape index (κ1) is 17.3. The minimum atomic E-state index is -0.639. The summed E-state index contributed by atoms with van der Waals surface area (Å²) in [5.41, 5.74) is 3.61. The molecule has 1 unspecified atom stereocenters. The highest BCUT2D eigenvalue weighted by Gasteiger charge is 2.22. The zero-order valence-electron chi connectivity index (χ0n) is 13.5. The molecule has 3 nitrogen and oxygen atoms in total. The van der Waals surface area contributed by atoms with Crippen molar-refractivity contribution in [3.63, 3.8) is 0 Å². The van der Waals surface area contributed by atoms with Gasteiger partial charge in [-0.15, -0.1) is 11.8 Å². The highest BCUT2D eigenvalue weighted by Crippen LogP contribution is 2.34. The topological polar surface area (TPSA) is 46.3 Å². The van der Waals surface area contributed by atoms with Gasteiger partial charge in [-0.05, 0) is 38.1 Å². The fourth-order valence-corrected chi connectivity index (χ4v) is 3.77. The summed E-state index contributed by atoms with van der Waals surface area (Å²) in [6.07, 6.45) is -0.639. The summed E-state index contributed by atoms with van der Waals surface area (Å²) in [6.45, 7) is 3.93. The zero-order chi connectivity index (χ0) is 17.1. The molecular formula is C19H18BrNO2S. The molecule has 1 N–H and O–H groups in total. The van der Waals surface area contributed by atoms with E-state index in [1.165, 1.54) is 5.56 Å². The number of rotatable bonds is 5. The van der Waals surface area contributed by atoms with E-state index in [0.29, 0.717) is 11.5 Å². The molecule has 24 heavy (non-hydrogen) atoms. The summed E-state index contributed by atoms with van der Waals surface area (Å²) in [4.78, 5) is 1.15. The van der Waals surface area contributed by atoms with Gasteiger partial charge in [-0.2, -0.15) is 0 Å². The molecule has 124 valence electrons. The zero-order valence-corrected chi connectivity index (χ0v) is 15.9. The summed E-state index contributed by atoms with van der Waals surface area (Å²) in [5.74, 6) is 1.19. The van der Waals surface area contributed by atoms with Gasteiger partial charge in [0.25, 0.3) is 0 Å². The molecule has 0 radical (unpaired) electrons. The van der Waals surface area contributed by atoms with Gasteiger partial charge in [-0.25, -0.2) is 0 Å². The molecule has 5 heteroatoms. The summed E-state index contributed by atoms with van der Waals surface area (Å²) in [5, 5.41) is 14.7. The number of hydrogen-bond donors (Lipinski definition) is 1. The van der Waals surface area contributed by atoms with Crippen LogP contribution in [-0.4, -0.2) is 16.0 Å². The largest absolute Gasteiger partial charge is 0.387 e. The lowest BCUT2D eigenvalue weighted by Gasteiger charge is -2.11. The maximum atomic E-state index is 10.7. The van der Waals surface area contributed by atoms with E-state index in [0.717, 1.165) is 26.2 Å². The third kappa shape index (κ3) is 3.91. The van der Waals surface area contributed by atoms with Crippen LogP contribution in [0.3, 0.4) is 0 Å². The molecule has 1 atom stereocenters. The van der Waals surface area contributed by atoms with Gasteiger partial charge in [-0.3, -0.25) is 0 Å². The molecule has 2 aromatic carbocycles. The summed E-state index contributed by atoms with van der Waals surface area (Å²) in [7, 11) is 0. The van der Waals surface area contributed by atoms with Crippen molar-refractivity contribution in [2.75, 3.05) is 5.75 Å². The number of hydrogen-bond acceptors (Lipinski definition) is 4. The van der Waals surface area contributed by atoms with Gasteiger partial charge >= 0.3 is 0 Å². The number of thioether (sulfide) groups is 1. The van der Waals surface area contributed by atoms with E-state index in [1.54, 1.807) is 11.8 Å². The first-order valence-corrected chi connectivity index (χ1v) is 9.42. The highest BCUT2D eigenvalue weighted by atomic mass is 79.9. The second kappa shape index (κ2) is 7.55. The Kier molecular flexibility index (Phi) is 5.43. The molecule has 1 aromatic heterocycles. The molecule has 0 bridgehead atoms. The fraction of sp³-hybridized carbons (Fsp3) is 0.211. The quantitative estimate of drug-likeness (QED) is 0.567. The first-order valence-electron chi connectivity index (χ1n) is 7.64.